The molecule has 0 aromatic heterocycles. The van der Waals surface area contributed by atoms with E-state index >= 15 is 0 Å². The highest BCUT2D eigenvalue weighted by molar-refractivity contribution is 5.29. The predicted octanol–water partition coefficient (Wildman–Crippen LogP) is 2.99. The lowest BCUT2D eigenvalue weighted by atomic mass is 10.1. The third kappa shape index (κ3) is 6.62. The maximum atomic E-state index is 8.61. The Hall–Kier alpha value is -0.820. The SMILES string of the molecule is OCCCCCCCCOCC1=C=CC=C1. The molecule has 0 bridgehead atoms. The van der Waals surface area contributed by atoms with E-state index in [1.54, 1.807) is 0 Å². The number of aliphatic hydroxyl groups is 1. The van der Waals surface area contributed by atoms with Crippen molar-refractivity contribution in [3.63, 3.8) is 0 Å². The fourth-order valence-electron chi connectivity index (χ4n) is 1.66. The van der Waals surface area contributed by atoms with Gasteiger partial charge >= 0.3 is 0 Å². The van der Waals surface area contributed by atoms with Crippen LogP contribution in [0.15, 0.2) is 29.5 Å². The van der Waals surface area contributed by atoms with Crippen LogP contribution in [0.2, 0.25) is 0 Å². The maximum Gasteiger partial charge on any atom is 0.0788 e. The summed E-state index contributed by atoms with van der Waals surface area (Å²) < 4.78 is 5.53. The summed E-state index contributed by atoms with van der Waals surface area (Å²) in [5.41, 5.74) is 4.26. The first-order valence-corrected chi connectivity index (χ1v) is 6.24. The van der Waals surface area contributed by atoms with E-state index in [1.165, 1.54) is 19.3 Å². The monoisotopic (exact) mass is 222 g/mol. The lowest BCUT2D eigenvalue weighted by molar-refractivity contribution is 0.153. The average Bonchev–Trinajstić information content (AvgIpc) is 2.80. The molecule has 0 heterocycles. The molecule has 1 aliphatic carbocycles. The lowest BCUT2D eigenvalue weighted by Crippen LogP contribution is -1.97. The van der Waals surface area contributed by atoms with Crippen LogP contribution in [0.4, 0.5) is 0 Å². The molecule has 0 fully saturated rings. The van der Waals surface area contributed by atoms with E-state index in [-0.39, 0.29) is 0 Å². The van der Waals surface area contributed by atoms with Gasteiger partial charge in [-0.15, -0.1) is 5.73 Å². The fourth-order valence-corrected chi connectivity index (χ4v) is 1.66. The van der Waals surface area contributed by atoms with Gasteiger partial charge in [0.25, 0.3) is 0 Å². The van der Waals surface area contributed by atoms with Crippen LogP contribution in [0.25, 0.3) is 0 Å². The second kappa shape index (κ2) is 9.41. The zero-order chi connectivity index (χ0) is 11.5. The molecule has 0 spiro atoms. The molecule has 0 amide bonds. The van der Waals surface area contributed by atoms with Crippen molar-refractivity contribution in [2.75, 3.05) is 19.8 Å². The number of unbranched alkanes of at least 4 members (excludes halogenated alkanes) is 5. The Balaban J connectivity index is 1.78. The summed E-state index contributed by atoms with van der Waals surface area (Å²) in [4.78, 5) is 0. The van der Waals surface area contributed by atoms with Crippen molar-refractivity contribution in [1.29, 1.82) is 0 Å². The first kappa shape index (κ1) is 13.2. The summed E-state index contributed by atoms with van der Waals surface area (Å²) in [6, 6.07) is 0. The predicted molar refractivity (Wildman–Crippen MR) is 66.3 cm³/mol. The van der Waals surface area contributed by atoms with Gasteiger partial charge in [-0.1, -0.05) is 31.8 Å². The van der Waals surface area contributed by atoms with E-state index in [0.29, 0.717) is 13.2 Å². The van der Waals surface area contributed by atoms with Crippen molar-refractivity contribution in [2.45, 2.75) is 38.5 Å². The first-order valence-electron chi connectivity index (χ1n) is 6.24. The minimum atomic E-state index is 0.333. The molecule has 1 aliphatic rings. The van der Waals surface area contributed by atoms with Crippen molar-refractivity contribution in [2.24, 2.45) is 0 Å². The van der Waals surface area contributed by atoms with Crippen LogP contribution in [-0.4, -0.2) is 24.9 Å². The molecular formula is C14H22O2. The average molecular weight is 222 g/mol. The molecule has 0 unspecified atom stereocenters. The Kier molecular flexibility index (Phi) is 7.79. The Morgan fingerprint density at radius 2 is 1.81 bits per heavy atom. The molecule has 90 valence electrons. The highest BCUT2D eigenvalue weighted by Gasteiger charge is 1.95. The van der Waals surface area contributed by atoms with E-state index in [2.05, 4.69) is 5.73 Å². The summed E-state index contributed by atoms with van der Waals surface area (Å²) in [5, 5.41) is 8.61. The number of aliphatic hydroxyl groups excluding tert-OH is 1. The number of ether oxygens (including phenoxy) is 1. The molecule has 0 saturated heterocycles. The second-order valence-electron chi connectivity index (χ2n) is 4.09. The molecule has 16 heavy (non-hydrogen) atoms. The molecule has 2 heteroatoms. The van der Waals surface area contributed by atoms with Gasteiger partial charge in [0.2, 0.25) is 0 Å². The Morgan fingerprint density at radius 3 is 2.50 bits per heavy atom. The highest BCUT2D eigenvalue weighted by atomic mass is 16.5. The molecule has 0 aromatic rings. The molecule has 1 rings (SSSR count). The quantitative estimate of drug-likeness (QED) is 0.455. The van der Waals surface area contributed by atoms with Crippen LogP contribution in [0.1, 0.15) is 38.5 Å². The third-order valence-electron chi connectivity index (χ3n) is 2.62. The molecular weight excluding hydrogens is 200 g/mol. The zero-order valence-corrected chi connectivity index (χ0v) is 9.95. The van der Waals surface area contributed by atoms with Gasteiger partial charge in [0, 0.05) is 18.8 Å². The van der Waals surface area contributed by atoms with Gasteiger partial charge in [0.1, 0.15) is 0 Å². The van der Waals surface area contributed by atoms with Crippen molar-refractivity contribution >= 4 is 0 Å². The normalized spacial score (nSPS) is 13.4. The van der Waals surface area contributed by atoms with Gasteiger partial charge in [-0.05, 0) is 25.0 Å². The van der Waals surface area contributed by atoms with Crippen molar-refractivity contribution in [3.05, 3.63) is 29.5 Å². The smallest absolute Gasteiger partial charge is 0.0788 e. The van der Waals surface area contributed by atoms with E-state index < -0.39 is 0 Å². The molecule has 0 atom stereocenters. The van der Waals surface area contributed by atoms with Gasteiger partial charge in [-0.2, -0.15) is 0 Å². The van der Waals surface area contributed by atoms with Crippen molar-refractivity contribution < 1.29 is 9.84 Å². The summed E-state index contributed by atoms with van der Waals surface area (Å²) in [5.74, 6) is 0. The van der Waals surface area contributed by atoms with Gasteiger partial charge in [0.15, 0.2) is 0 Å². The standard InChI is InChI=1S/C14H22O2/c15-11-7-3-1-2-4-8-12-16-13-14-9-5-6-10-14/h5-6,9,15H,1-4,7-8,11-13H2. The maximum absolute atomic E-state index is 8.61. The van der Waals surface area contributed by atoms with E-state index in [0.717, 1.165) is 31.4 Å². The molecule has 0 aromatic carbocycles. The van der Waals surface area contributed by atoms with E-state index in [9.17, 15) is 0 Å². The first-order chi connectivity index (χ1) is 7.93. The van der Waals surface area contributed by atoms with Crippen LogP contribution >= 0.6 is 0 Å². The second-order valence-corrected chi connectivity index (χ2v) is 4.09. The summed E-state index contributed by atoms with van der Waals surface area (Å²) in [6.45, 7) is 1.87. The number of hydrogen-bond donors (Lipinski definition) is 1. The van der Waals surface area contributed by atoms with Crippen LogP contribution < -0.4 is 0 Å². The van der Waals surface area contributed by atoms with Gasteiger partial charge in [0.05, 0.1) is 6.61 Å². The summed E-state index contributed by atoms with van der Waals surface area (Å²) >= 11 is 0. The molecule has 0 aliphatic heterocycles. The minimum Gasteiger partial charge on any atom is -0.396 e. The molecule has 0 radical (unpaired) electrons. The Labute approximate surface area is 98.3 Å². The summed E-state index contributed by atoms with van der Waals surface area (Å²) in [7, 11) is 0. The molecule has 1 N–H and O–H groups in total. The van der Waals surface area contributed by atoms with Crippen molar-refractivity contribution in [3.8, 4) is 0 Å². The van der Waals surface area contributed by atoms with Crippen LogP contribution in [0.3, 0.4) is 0 Å². The Bertz CT molecular complexity index is 260. The minimum absolute atomic E-state index is 0.333. The number of allylic oxidation sites excluding steroid dienone is 1. The number of rotatable bonds is 10. The van der Waals surface area contributed by atoms with Crippen LogP contribution in [0, 0.1) is 0 Å². The van der Waals surface area contributed by atoms with Gasteiger partial charge in [-0.3, -0.25) is 0 Å². The third-order valence-corrected chi connectivity index (χ3v) is 2.62. The fraction of sp³-hybridized carbons (Fsp3) is 0.643. The number of hydrogen-bond acceptors (Lipinski definition) is 2. The van der Waals surface area contributed by atoms with Crippen LogP contribution in [-0.2, 0) is 4.74 Å². The van der Waals surface area contributed by atoms with Gasteiger partial charge < -0.3 is 9.84 Å². The van der Waals surface area contributed by atoms with Crippen LogP contribution in [0.5, 0.6) is 0 Å². The highest BCUT2D eigenvalue weighted by Crippen LogP contribution is 2.06. The zero-order valence-electron chi connectivity index (χ0n) is 9.95. The Morgan fingerprint density at radius 1 is 1.06 bits per heavy atom. The van der Waals surface area contributed by atoms with E-state index in [4.69, 9.17) is 9.84 Å². The molecule has 2 nitrogen and oxygen atoms in total. The largest absolute Gasteiger partial charge is 0.396 e. The topological polar surface area (TPSA) is 29.5 Å². The van der Waals surface area contributed by atoms with Crippen molar-refractivity contribution in [1.82, 2.24) is 0 Å². The molecule has 0 saturated carbocycles. The van der Waals surface area contributed by atoms with Gasteiger partial charge in [-0.25, -0.2) is 0 Å². The lowest BCUT2D eigenvalue weighted by Gasteiger charge is -2.03. The van der Waals surface area contributed by atoms with E-state index in [1.807, 2.05) is 18.2 Å². The summed E-state index contributed by atoms with van der Waals surface area (Å²) in [6.07, 6.45) is 12.9.